The van der Waals surface area contributed by atoms with Gasteiger partial charge in [-0.2, -0.15) is 0 Å². The van der Waals surface area contributed by atoms with Crippen LogP contribution in [0.5, 0.6) is 0 Å². The highest BCUT2D eigenvalue weighted by Gasteiger charge is 2.15. The Morgan fingerprint density at radius 3 is 2.52 bits per heavy atom. The molecule has 0 aromatic carbocycles. The van der Waals surface area contributed by atoms with Crippen LogP contribution in [0.15, 0.2) is 6.07 Å². The number of hydrogen-bond acceptors (Lipinski definition) is 5. The molecule has 1 aromatic rings. The molecule has 0 saturated heterocycles. The first kappa shape index (κ1) is 17.2. The highest BCUT2D eigenvalue weighted by Crippen LogP contribution is 2.16. The van der Waals surface area contributed by atoms with Crippen molar-refractivity contribution in [3.8, 4) is 0 Å². The Labute approximate surface area is 127 Å². The Morgan fingerprint density at radius 2 is 1.95 bits per heavy atom. The summed E-state index contributed by atoms with van der Waals surface area (Å²) in [5, 5.41) is 3.28. The Morgan fingerprint density at radius 1 is 1.24 bits per heavy atom. The van der Waals surface area contributed by atoms with Crippen molar-refractivity contribution in [1.82, 2.24) is 14.9 Å². The van der Waals surface area contributed by atoms with E-state index in [1.165, 1.54) is 0 Å². The van der Waals surface area contributed by atoms with E-state index in [1.54, 1.807) is 19.0 Å². The van der Waals surface area contributed by atoms with Crippen LogP contribution in [0.25, 0.3) is 0 Å². The zero-order valence-electron chi connectivity index (χ0n) is 13.8. The molecule has 0 spiro atoms. The lowest BCUT2D eigenvalue weighted by molar-refractivity contribution is -0.127. The molecule has 1 rings (SSSR count). The number of aryl methyl sites for hydroxylation is 1. The maximum absolute atomic E-state index is 12.0. The van der Waals surface area contributed by atoms with Crippen molar-refractivity contribution in [2.45, 2.75) is 33.6 Å². The third-order valence-electron chi connectivity index (χ3n) is 3.02. The number of nitrogens with zero attached hydrogens (tertiary/aromatic N) is 4. The fraction of sp³-hybridized carbons (Fsp3) is 0.667. The van der Waals surface area contributed by atoms with Gasteiger partial charge in [0.15, 0.2) is 0 Å². The van der Waals surface area contributed by atoms with Gasteiger partial charge in [-0.1, -0.05) is 13.8 Å². The quantitative estimate of drug-likeness (QED) is 0.793. The van der Waals surface area contributed by atoms with E-state index in [0.717, 1.165) is 37.6 Å². The second-order valence-corrected chi connectivity index (χ2v) is 5.30. The van der Waals surface area contributed by atoms with E-state index in [1.807, 2.05) is 17.9 Å². The summed E-state index contributed by atoms with van der Waals surface area (Å²) in [5.74, 6) is 2.41. The Hall–Kier alpha value is -1.85. The van der Waals surface area contributed by atoms with Crippen molar-refractivity contribution >= 4 is 17.5 Å². The van der Waals surface area contributed by atoms with Crippen LogP contribution in [0.1, 0.15) is 32.5 Å². The van der Waals surface area contributed by atoms with Crippen molar-refractivity contribution < 1.29 is 4.79 Å². The van der Waals surface area contributed by atoms with Gasteiger partial charge in [-0.3, -0.25) is 4.79 Å². The number of anilines is 2. The lowest BCUT2D eigenvalue weighted by atomic mass is 10.3. The van der Waals surface area contributed by atoms with E-state index in [4.69, 9.17) is 0 Å². The zero-order valence-corrected chi connectivity index (χ0v) is 13.8. The average molecular weight is 293 g/mol. The second kappa shape index (κ2) is 8.44. The summed E-state index contributed by atoms with van der Waals surface area (Å²) in [6.45, 7) is 8.09. The number of likely N-dealkylation sites (N-methyl/N-ethyl adjacent to an activating group) is 1. The molecule has 1 heterocycles. The van der Waals surface area contributed by atoms with E-state index in [2.05, 4.69) is 29.1 Å². The molecule has 21 heavy (non-hydrogen) atoms. The summed E-state index contributed by atoms with van der Waals surface area (Å²) < 4.78 is 0. The zero-order chi connectivity index (χ0) is 15.8. The smallest absolute Gasteiger partial charge is 0.241 e. The third kappa shape index (κ3) is 5.57. The van der Waals surface area contributed by atoms with Crippen molar-refractivity contribution in [2.24, 2.45) is 0 Å². The molecule has 6 heteroatoms. The molecule has 0 aliphatic rings. The molecule has 0 bridgehead atoms. The molecule has 0 unspecified atom stereocenters. The third-order valence-corrected chi connectivity index (χ3v) is 3.02. The molecule has 0 saturated carbocycles. The predicted octanol–water partition coefficient (Wildman–Crippen LogP) is 1.91. The monoisotopic (exact) mass is 293 g/mol. The van der Waals surface area contributed by atoms with Crippen LogP contribution in [0, 0.1) is 6.92 Å². The van der Waals surface area contributed by atoms with Crippen LogP contribution in [0.4, 0.5) is 11.6 Å². The van der Waals surface area contributed by atoms with Crippen LogP contribution in [0.3, 0.4) is 0 Å². The number of amides is 1. The summed E-state index contributed by atoms with van der Waals surface area (Å²) in [6, 6.07) is 1.92. The molecular formula is C15H27N5O. The van der Waals surface area contributed by atoms with Crippen LogP contribution in [-0.2, 0) is 4.79 Å². The van der Waals surface area contributed by atoms with Crippen LogP contribution >= 0.6 is 0 Å². The van der Waals surface area contributed by atoms with Crippen molar-refractivity contribution in [3.05, 3.63) is 11.9 Å². The summed E-state index contributed by atoms with van der Waals surface area (Å²) in [6.07, 6.45) is 2.00. The number of carbonyl (C=O) groups is 1. The minimum Gasteiger partial charge on any atom is -0.370 e. The molecule has 0 radical (unpaired) electrons. The Kier molecular flexibility index (Phi) is 6.91. The molecule has 0 atom stereocenters. The molecular weight excluding hydrogens is 266 g/mol. The summed E-state index contributed by atoms with van der Waals surface area (Å²) in [4.78, 5) is 24.4. The first-order valence-electron chi connectivity index (χ1n) is 7.52. The molecule has 1 N–H and O–H groups in total. The van der Waals surface area contributed by atoms with Gasteiger partial charge in [-0.05, 0) is 19.8 Å². The molecule has 1 aromatic heterocycles. The van der Waals surface area contributed by atoms with Gasteiger partial charge < -0.3 is 15.1 Å². The van der Waals surface area contributed by atoms with Gasteiger partial charge in [0.2, 0.25) is 5.91 Å². The van der Waals surface area contributed by atoms with Gasteiger partial charge in [0, 0.05) is 33.3 Å². The fourth-order valence-corrected chi connectivity index (χ4v) is 1.91. The Bertz CT molecular complexity index is 461. The van der Waals surface area contributed by atoms with E-state index in [-0.39, 0.29) is 5.91 Å². The Balaban J connectivity index is 2.95. The maximum atomic E-state index is 12.0. The normalized spacial score (nSPS) is 10.3. The van der Waals surface area contributed by atoms with Crippen molar-refractivity contribution in [1.29, 1.82) is 0 Å². The highest BCUT2D eigenvalue weighted by atomic mass is 16.2. The van der Waals surface area contributed by atoms with Crippen LogP contribution in [0.2, 0.25) is 0 Å². The lowest BCUT2D eigenvalue weighted by Gasteiger charge is -2.25. The topological polar surface area (TPSA) is 61.4 Å². The average Bonchev–Trinajstić information content (AvgIpc) is 2.43. The second-order valence-electron chi connectivity index (χ2n) is 5.30. The number of aromatic nitrogens is 2. The SMILES string of the molecule is CCCNc1cc(N(CCC)CC(=O)N(C)C)nc(C)n1. The number of nitrogens with one attached hydrogen (secondary N) is 1. The number of rotatable bonds is 8. The number of carbonyl (C=O) groups excluding carboxylic acids is 1. The minimum atomic E-state index is 0.0720. The van der Waals surface area contributed by atoms with E-state index >= 15 is 0 Å². The van der Waals surface area contributed by atoms with Crippen LogP contribution in [-0.4, -0.2) is 54.5 Å². The van der Waals surface area contributed by atoms with Gasteiger partial charge >= 0.3 is 0 Å². The lowest BCUT2D eigenvalue weighted by Crippen LogP contribution is -2.37. The minimum absolute atomic E-state index is 0.0720. The standard InChI is InChI=1S/C15H27N5O/c1-6-8-16-13-10-14(18-12(3)17-13)20(9-7-2)11-15(21)19(4)5/h10H,6-9,11H2,1-5H3,(H,16,17,18). The fourth-order valence-electron chi connectivity index (χ4n) is 1.91. The van der Waals surface area contributed by atoms with Crippen molar-refractivity contribution in [3.63, 3.8) is 0 Å². The van der Waals surface area contributed by atoms with Gasteiger partial charge in [0.05, 0.1) is 6.54 Å². The van der Waals surface area contributed by atoms with E-state index in [0.29, 0.717) is 12.4 Å². The largest absolute Gasteiger partial charge is 0.370 e. The molecule has 0 aliphatic heterocycles. The predicted molar refractivity (Wildman–Crippen MR) is 86.7 cm³/mol. The van der Waals surface area contributed by atoms with E-state index in [9.17, 15) is 4.79 Å². The highest BCUT2D eigenvalue weighted by molar-refractivity contribution is 5.80. The summed E-state index contributed by atoms with van der Waals surface area (Å²) >= 11 is 0. The molecule has 0 fully saturated rings. The van der Waals surface area contributed by atoms with E-state index < -0.39 is 0 Å². The molecule has 0 aliphatic carbocycles. The van der Waals surface area contributed by atoms with Gasteiger partial charge in [-0.15, -0.1) is 0 Å². The number of hydrogen-bond donors (Lipinski definition) is 1. The molecule has 1 amide bonds. The van der Waals surface area contributed by atoms with Gasteiger partial charge in [0.25, 0.3) is 0 Å². The van der Waals surface area contributed by atoms with Crippen molar-refractivity contribution in [2.75, 3.05) is 43.9 Å². The molecule has 6 nitrogen and oxygen atoms in total. The summed E-state index contributed by atoms with van der Waals surface area (Å²) in [5.41, 5.74) is 0. The van der Waals surface area contributed by atoms with Gasteiger partial charge in [0.1, 0.15) is 17.5 Å². The maximum Gasteiger partial charge on any atom is 0.241 e. The molecule has 118 valence electrons. The first-order chi connectivity index (χ1) is 9.97. The first-order valence-corrected chi connectivity index (χ1v) is 7.52. The summed E-state index contributed by atoms with van der Waals surface area (Å²) in [7, 11) is 3.54. The van der Waals surface area contributed by atoms with Gasteiger partial charge in [-0.25, -0.2) is 9.97 Å². The van der Waals surface area contributed by atoms with Crippen LogP contribution < -0.4 is 10.2 Å².